The van der Waals surface area contributed by atoms with Gasteiger partial charge in [0.05, 0.1) is 31.1 Å². The summed E-state index contributed by atoms with van der Waals surface area (Å²) in [5.41, 5.74) is 5.34. The Kier molecular flexibility index (Phi) is 8.50. The molecule has 2 atom stereocenters. The van der Waals surface area contributed by atoms with Crippen LogP contribution in [-0.2, 0) is 4.74 Å². The highest BCUT2D eigenvalue weighted by atomic mass is 16.5. The molecule has 2 aromatic rings. The summed E-state index contributed by atoms with van der Waals surface area (Å²) in [5.74, 6) is 0.589. The van der Waals surface area contributed by atoms with Crippen LogP contribution in [-0.4, -0.2) is 31.9 Å². The van der Waals surface area contributed by atoms with E-state index >= 15 is 0 Å². The maximum atomic E-state index is 13.0. The van der Waals surface area contributed by atoms with Crippen molar-refractivity contribution < 1.29 is 14.9 Å². The van der Waals surface area contributed by atoms with Crippen molar-refractivity contribution in [2.45, 2.75) is 44.6 Å². The molecule has 2 aliphatic carbocycles. The number of aliphatic hydroxyl groups is 1. The average Bonchev–Trinajstić information content (AvgIpc) is 2.89. The molecule has 0 amide bonds. The van der Waals surface area contributed by atoms with Gasteiger partial charge in [0.25, 0.3) is 0 Å². The largest absolute Gasteiger partial charge is 0.848 e. The van der Waals surface area contributed by atoms with E-state index in [9.17, 15) is 10.2 Å². The van der Waals surface area contributed by atoms with Crippen LogP contribution in [0, 0.1) is 12.8 Å². The fraction of sp³-hybridized carbons (Fsp3) is 0.312. The lowest BCUT2D eigenvalue weighted by Gasteiger charge is -2.44. The second-order valence-electron chi connectivity index (χ2n) is 9.62. The molecule has 0 aliphatic heterocycles. The van der Waals surface area contributed by atoms with E-state index in [-0.39, 0.29) is 5.76 Å². The molecule has 2 unspecified atom stereocenters. The van der Waals surface area contributed by atoms with E-state index in [1.807, 2.05) is 86.1 Å². The lowest BCUT2D eigenvalue weighted by molar-refractivity contribution is -0.409. The molecular formula is C32H36NO3+. The van der Waals surface area contributed by atoms with E-state index in [1.54, 1.807) is 0 Å². The van der Waals surface area contributed by atoms with Crippen LogP contribution in [0.4, 0.5) is 5.69 Å². The minimum absolute atomic E-state index is 0.184. The molecule has 2 aromatic carbocycles. The molecule has 4 heteroatoms. The Bertz CT molecular complexity index is 1140. The summed E-state index contributed by atoms with van der Waals surface area (Å²) in [4.78, 5) is 2.01. The number of ether oxygens (including phenoxy) is 1. The number of nitrogens with zero attached hydrogens (tertiary/aromatic N) is 1. The minimum Gasteiger partial charge on any atom is -0.848 e. The Labute approximate surface area is 215 Å². The van der Waals surface area contributed by atoms with Crippen molar-refractivity contribution in [3.63, 3.8) is 0 Å². The monoisotopic (exact) mass is 482 g/mol. The summed E-state index contributed by atoms with van der Waals surface area (Å²) in [6.07, 6.45) is 16.1. The first-order valence-electron chi connectivity index (χ1n) is 12.9. The van der Waals surface area contributed by atoms with Crippen molar-refractivity contribution in [1.29, 1.82) is 0 Å². The Morgan fingerprint density at radius 2 is 1.78 bits per heavy atom. The zero-order valence-corrected chi connectivity index (χ0v) is 21.5. The van der Waals surface area contributed by atoms with Gasteiger partial charge in [0.15, 0.2) is 5.57 Å². The van der Waals surface area contributed by atoms with Crippen LogP contribution >= 0.6 is 0 Å². The number of hydrogen-bond acceptors (Lipinski definition) is 4. The van der Waals surface area contributed by atoms with Gasteiger partial charge in [-0.1, -0.05) is 44.4 Å². The fourth-order valence-electron chi connectivity index (χ4n) is 4.51. The van der Waals surface area contributed by atoms with Crippen molar-refractivity contribution in [3.8, 4) is 0 Å². The molecule has 0 saturated heterocycles. The van der Waals surface area contributed by atoms with Crippen LogP contribution in [0.25, 0.3) is 5.57 Å². The Morgan fingerprint density at radius 1 is 1.03 bits per heavy atom. The van der Waals surface area contributed by atoms with Crippen LogP contribution in [0.1, 0.15) is 55.2 Å². The van der Waals surface area contributed by atoms with Crippen LogP contribution < -0.4 is 10.0 Å². The van der Waals surface area contributed by atoms with Gasteiger partial charge in [-0.3, -0.25) is 0 Å². The Balaban J connectivity index is 1.31. The van der Waals surface area contributed by atoms with E-state index in [0.717, 1.165) is 46.7 Å². The van der Waals surface area contributed by atoms with E-state index < -0.39 is 12.0 Å². The van der Waals surface area contributed by atoms with E-state index in [1.165, 1.54) is 19.3 Å². The minimum atomic E-state index is -0.969. The topological polar surface area (TPSA) is 55.8 Å². The van der Waals surface area contributed by atoms with Crippen molar-refractivity contribution in [2.24, 2.45) is 0 Å². The molecule has 186 valence electrons. The second-order valence-corrected chi connectivity index (χ2v) is 9.62. The molecule has 36 heavy (non-hydrogen) atoms. The normalized spacial score (nSPS) is 20.0. The van der Waals surface area contributed by atoms with Gasteiger partial charge in [0.1, 0.15) is 24.0 Å². The molecule has 0 aromatic heterocycles. The number of benzene rings is 2. The van der Waals surface area contributed by atoms with Gasteiger partial charge in [0.2, 0.25) is 5.76 Å². The van der Waals surface area contributed by atoms with E-state index in [2.05, 4.69) is 25.5 Å². The van der Waals surface area contributed by atoms with Crippen molar-refractivity contribution in [3.05, 3.63) is 119 Å². The third-order valence-corrected chi connectivity index (χ3v) is 6.76. The zero-order valence-electron chi connectivity index (χ0n) is 21.5. The predicted molar refractivity (Wildman–Crippen MR) is 146 cm³/mol. The molecule has 0 radical (unpaired) electrons. The standard InChI is InChI=1S/C32H35NO3/c1-4-5-6-7-22-36-28-20-12-24(13-21-28)9-8-23-10-14-25(15-11-23)29-31(34)30(32(29)35)26-16-18-27(19-17-26)33(2)3/h8-21,29,31H,4-7,22H2,1-3H3/p+1. The van der Waals surface area contributed by atoms with Gasteiger partial charge in [-0.05, 0) is 47.4 Å². The SMILES string of the molecule is CCCCCCOC1=C[CH+]C(=C[CH+]c2ccc(C3C(O)=C(c4ccc(N(C)C)cc4)C3[O-])cc2)C=C1. The molecule has 4 rings (SSSR count). The van der Waals surface area contributed by atoms with Crippen LogP contribution in [0.15, 0.2) is 89.9 Å². The summed E-state index contributed by atoms with van der Waals surface area (Å²) in [7, 11) is 3.95. The van der Waals surface area contributed by atoms with Crippen molar-refractivity contribution in [1.82, 2.24) is 0 Å². The van der Waals surface area contributed by atoms with Crippen LogP contribution in [0.3, 0.4) is 0 Å². The van der Waals surface area contributed by atoms with E-state index in [4.69, 9.17) is 4.74 Å². The molecule has 0 saturated carbocycles. The lowest BCUT2D eigenvalue weighted by Crippen LogP contribution is -2.43. The molecule has 2 aliphatic rings. The summed E-state index contributed by atoms with van der Waals surface area (Å²) in [5, 5.41) is 23.7. The molecule has 1 N–H and O–H groups in total. The van der Waals surface area contributed by atoms with Gasteiger partial charge < -0.3 is 19.8 Å². The highest BCUT2D eigenvalue weighted by Crippen LogP contribution is 2.45. The summed E-state index contributed by atoms with van der Waals surface area (Å²) in [6.45, 7) is 2.98. The maximum absolute atomic E-state index is 13.0. The number of anilines is 1. The number of aliphatic hydroxyl groups excluding tert-OH is 1. The predicted octanol–water partition coefficient (Wildman–Crippen LogP) is 6.28. The highest BCUT2D eigenvalue weighted by molar-refractivity contribution is 5.79. The molecule has 0 fully saturated rings. The first-order valence-corrected chi connectivity index (χ1v) is 12.9. The number of allylic oxidation sites excluding steroid dienone is 5. The van der Waals surface area contributed by atoms with Gasteiger partial charge >= 0.3 is 0 Å². The lowest BCUT2D eigenvalue weighted by atomic mass is 9.73. The fourth-order valence-corrected chi connectivity index (χ4v) is 4.51. The Hall–Kier alpha value is -3.50. The van der Waals surface area contributed by atoms with Crippen LogP contribution in [0.5, 0.6) is 0 Å². The van der Waals surface area contributed by atoms with Gasteiger partial charge in [-0.15, -0.1) is 0 Å². The average molecular weight is 483 g/mol. The summed E-state index contributed by atoms with van der Waals surface area (Å²) >= 11 is 0. The first kappa shape index (κ1) is 25.6. The smallest absolute Gasteiger partial charge is 0.200 e. The molecule has 0 heterocycles. The van der Waals surface area contributed by atoms with Gasteiger partial charge in [0, 0.05) is 37.8 Å². The zero-order chi connectivity index (χ0) is 25.5. The molecule has 4 nitrogen and oxygen atoms in total. The van der Waals surface area contributed by atoms with Gasteiger partial charge in [-0.2, -0.15) is 0 Å². The van der Waals surface area contributed by atoms with Gasteiger partial charge in [-0.25, -0.2) is 0 Å². The second kappa shape index (κ2) is 12.0. The highest BCUT2D eigenvalue weighted by Gasteiger charge is 2.35. The van der Waals surface area contributed by atoms with Crippen molar-refractivity contribution >= 4 is 11.3 Å². The third kappa shape index (κ3) is 6.00. The molecule has 0 spiro atoms. The Morgan fingerprint density at radius 3 is 2.39 bits per heavy atom. The maximum Gasteiger partial charge on any atom is 0.200 e. The number of rotatable bonds is 11. The van der Waals surface area contributed by atoms with Crippen LogP contribution in [0.2, 0.25) is 0 Å². The first-order chi connectivity index (χ1) is 17.5. The number of hydrogen-bond donors (Lipinski definition) is 1. The molecule has 0 bridgehead atoms. The third-order valence-electron chi connectivity index (χ3n) is 6.76. The quantitative estimate of drug-likeness (QED) is 0.302. The van der Waals surface area contributed by atoms with Crippen molar-refractivity contribution in [2.75, 3.05) is 25.6 Å². The van der Waals surface area contributed by atoms with E-state index in [0.29, 0.717) is 5.57 Å². The summed E-state index contributed by atoms with van der Waals surface area (Å²) in [6, 6.07) is 15.6. The number of unbranched alkanes of at least 4 members (excludes halogenated alkanes) is 3. The molecular weight excluding hydrogens is 446 g/mol. The summed E-state index contributed by atoms with van der Waals surface area (Å²) < 4.78 is 5.81.